The Morgan fingerprint density at radius 2 is 1.92 bits per heavy atom. The minimum absolute atomic E-state index is 0.0861. The van der Waals surface area contributed by atoms with Crippen LogP contribution in [-0.2, 0) is 17.8 Å². The quantitative estimate of drug-likeness (QED) is 0.686. The molecule has 6 nitrogen and oxygen atoms in total. The van der Waals surface area contributed by atoms with Crippen LogP contribution in [0.15, 0.2) is 52.9 Å². The maximum absolute atomic E-state index is 12.0. The fourth-order valence-electron chi connectivity index (χ4n) is 2.40. The van der Waals surface area contributed by atoms with Gasteiger partial charge in [-0.05, 0) is 29.8 Å². The van der Waals surface area contributed by atoms with E-state index in [1.807, 2.05) is 36.4 Å². The highest BCUT2D eigenvalue weighted by molar-refractivity contribution is 6.30. The summed E-state index contributed by atoms with van der Waals surface area (Å²) in [4.78, 5) is 12.0. The number of carbonyl (C=O) groups excluding carboxylic acids is 1. The molecule has 0 aliphatic carbocycles. The van der Waals surface area contributed by atoms with Gasteiger partial charge in [0.05, 0.1) is 12.7 Å². The van der Waals surface area contributed by atoms with Gasteiger partial charge >= 0.3 is 0 Å². The zero-order valence-electron chi connectivity index (χ0n) is 14.2. The van der Waals surface area contributed by atoms with Crippen LogP contribution < -0.4 is 10.1 Å². The second kappa shape index (κ2) is 8.49. The number of aryl methyl sites for hydroxylation is 1. The van der Waals surface area contributed by atoms with Crippen LogP contribution in [0.1, 0.15) is 17.9 Å². The Hall–Kier alpha value is -2.86. The first-order valence-corrected chi connectivity index (χ1v) is 8.50. The van der Waals surface area contributed by atoms with Gasteiger partial charge in [0.2, 0.25) is 11.8 Å². The average molecular weight is 372 g/mol. The molecule has 1 amide bonds. The van der Waals surface area contributed by atoms with Crippen molar-refractivity contribution in [3.63, 3.8) is 0 Å². The van der Waals surface area contributed by atoms with Crippen molar-refractivity contribution in [3.8, 4) is 17.2 Å². The molecule has 0 unspecified atom stereocenters. The molecule has 0 spiro atoms. The molecule has 26 heavy (non-hydrogen) atoms. The number of nitrogens with one attached hydrogen (secondary N) is 1. The lowest BCUT2D eigenvalue weighted by Crippen LogP contribution is -2.23. The Bertz CT molecular complexity index is 878. The number of methoxy groups -OCH3 is 1. The van der Waals surface area contributed by atoms with Crippen molar-refractivity contribution in [1.82, 2.24) is 15.5 Å². The zero-order chi connectivity index (χ0) is 18.4. The van der Waals surface area contributed by atoms with E-state index in [2.05, 4.69) is 15.5 Å². The standard InChI is InChI=1S/C19H18ClN3O3/c1-25-16-5-3-2-4-15(16)19-23-22-18(26-19)11-10-17(24)21-12-13-6-8-14(20)9-7-13/h2-9H,10-12H2,1H3,(H,21,24). The summed E-state index contributed by atoms with van der Waals surface area (Å²) in [6.07, 6.45) is 0.635. The summed E-state index contributed by atoms with van der Waals surface area (Å²) in [5.74, 6) is 1.35. The fraction of sp³-hybridized carbons (Fsp3) is 0.211. The lowest BCUT2D eigenvalue weighted by atomic mass is 10.2. The van der Waals surface area contributed by atoms with Crippen molar-refractivity contribution in [2.75, 3.05) is 7.11 Å². The molecule has 2 aromatic carbocycles. The summed E-state index contributed by atoms with van der Waals surface area (Å²) in [7, 11) is 1.58. The molecule has 0 aliphatic heterocycles. The molecule has 0 aliphatic rings. The van der Waals surface area contributed by atoms with Crippen LogP contribution in [0.5, 0.6) is 5.75 Å². The molecule has 0 fully saturated rings. The molecule has 0 bridgehead atoms. The van der Waals surface area contributed by atoms with Crippen molar-refractivity contribution in [1.29, 1.82) is 0 Å². The van der Waals surface area contributed by atoms with Crippen molar-refractivity contribution in [2.24, 2.45) is 0 Å². The van der Waals surface area contributed by atoms with E-state index < -0.39 is 0 Å². The number of amides is 1. The predicted octanol–water partition coefficient (Wildman–Crippen LogP) is 3.65. The Balaban J connectivity index is 1.53. The summed E-state index contributed by atoms with van der Waals surface area (Å²) >= 11 is 5.84. The Morgan fingerprint density at radius 1 is 1.15 bits per heavy atom. The second-order valence-corrected chi connectivity index (χ2v) is 6.04. The average Bonchev–Trinajstić information content (AvgIpc) is 3.14. The first kappa shape index (κ1) is 17.9. The van der Waals surface area contributed by atoms with Gasteiger partial charge in [0.25, 0.3) is 5.89 Å². The number of nitrogens with zero attached hydrogens (tertiary/aromatic N) is 2. The van der Waals surface area contributed by atoms with Gasteiger partial charge in [-0.25, -0.2) is 0 Å². The van der Waals surface area contributed by atoms with Crippen LogP contribution in [0.3, 0.4) is 0 Å². The monoisotopic (exact) mass is 371 g/mol. The van der Waals surface area contributed by atoms with E-state index in [1.54, 1.807) is 19.2 Å². The molecule has 0 radical (unpaired) electrons. The second-order valence-electron chi connectivity index (χ2n) is 5.60. The summed E-state index contributed by atoms with van der Waals surface area (Å²) in [6, 6.07) is 14.7. The zero-order valence-corrected chi connectivity index (χ0v) is 15.0. The Morgan fingerprint density at radius 3 is 2.69 bits per heavy atom. The SMILES string of the molecule is COc1ccccc1-c1nnc(CCC(=O)NCc2ccc(Cl)cc2)o1. The number of hydrogen-bond donors (Lipinski definition) is 1. The molecule has 1 N–H and O–H groups in total. The highest BCUT2D eigenvalue weighted by atomic mass is 35.5. The van der Waals surface area contributed by atoms with Gasteiger partial charge in [-0.3, -0.25) is 4.79 Å². The molecule has 0 saturated carbocycles. The molecule has 3 aromatic rings. The molecule has 1 aromatic heterocycles. The molecular weight excluding hydrogens is 354 g/mol. The summed E-state index contributed by atoms with van der Waals surface area (Å²) in [6.45, 7) is 0.451. The minimum Gasteiger partial charge on any atom is -0.496 e. The van der Waals surface area contributed by atoms with Gasteiger partial charge in [0.1, 0.15) is 5.75 Å². The van der Waals surface area contributed by atoms with Crippen molar-refractivity contribution in [2.45, 2.75) is 19.4 Å². The predicted molar refractivity (Wildman–Crippen MR) is 97.9 cm³/mol. The van der Waals surface area contributed by atoms with E-state index in [0.717, 1.165) is 11.1 Å². The maximum Gasteiger partial charge on any atom is 0.251 e. The first-order valence-electron chi connectivity index (χ1n) is 8.12. The molecule has 7 heteroatoms. The number of aromatic nitrogens is 2. The number of carbonyl (C=O) groups is 1. The first-order chi connectivity index (χ1) is 12.7. The topological polar surface area (TPSA) is 77.2 Å². The largest absolute Gasteiger partial charge is 0.496 e. The molecule has 1 heterocycles. The van der Waals surface area contributed by atoms with Gasteiger partial charge in [0.15, 0.2) is 0 Å². The molecule has 0 saturated heterocycles. The van der Waals surface area contributed by atoms with E-state index in [1.165, 1.54) is 0 Å². The van der Waals surface area contributed by atoms with Crippen molar-refractivity contribution < 1.29 is 13.9 Å². The molecule has 3 rings (SSSR count). The molecule has 134 valence electrons. The minimum atomic E-state index is -0.0861. The van der Waals surface area contributed by atoms with Crippen LogP contribution in [0, 0.1) is 0 Å². The summed E-state index contributed by atoms with van der Waals surface area (Å²) in [5, 5.41) is 11.6. The van der Waals surface area contributed by atoms with E-state index >= 15 is 0 Å². The van der Waals surface area contributed by atoms with E-state index in [4.69, 9.17) is 20.8 Å². The lowest BCUT2D eigenvalue weighted by Gasteiger charge is -2.04. The lowest BCUT2D eigenvalue weighted by molar-refractivity contribution is -0.121. The highest BCUT2D eigenvalue weighted by Gasteiger charge is 2.13. The fourth-order valence-corrected chi connectivity index (χ4v) is 2.52. The number of ether oxygens (including phenoxy) is 1. The molecule has 0 atom stereocenters. The van der Waals surface area contributed by atoms with Crippen LogP contribution in [0.25, 0.3) is 11.5 Å². The van der Waals surface area contributed by atoms with E-state index in [0.29, 0.717) is 35.5 Å². The third-order valence-electron chi connectivity index (χ3n) is 3.77. The van der Waals surface area contributed by atoms with Crippen LogP contribution in [0.4, 0.5) is 0 Å². The van der Waals surface area contributed by atoms with Crippen LogP contribution >= 0.6 is 11.6 Å². The smallest absolute Gasteiger partial charge is 0.251 e. The van der Waals surface area contributed by atoms with Crippen LogP contribution in [0.2, 0.25) is 5.02 Å². The third kappa shape index (κ3) is 4.61. The maximum atomic E-state index is 12.0. The van der Waals surface area contributed by atoms with Gasteiger partial charge in [-0.2, -0.15) is 0 Å². The van der Waals surface area contributed by atoms with Gasteiger partial charge < -0.3 is 14.5 Å². The van der Waals surface area contributed by atoms with Gasteiger partial charge in [-0.15, -0.1) is 10.2 Å². The van der Waals surface area contributed by atoms with E-state index in [9.17, 15) is 4.79 Å². The van der Waals surface area contributed by atoms with Gasteiger partial charge in [-0.1, -0.05) is 35.9 Å². The van der Waals surface area contributed by atoms with Crippen molar-refractivity contribution >= 4 is 17.5 Å². The third-order valence-corrected chi connectivity index (χ3v) is 4.03. The summed E-state index contributed by atoms with van der Waals surface area (Å²) in [5.41, 5.74) is 1.71. The molecular formula is C19H18ClN3O3. The summed E-state index contributed by atoms with van der Waals surface area (Å²) < 4.78 is 10.9. The number of para-hydroxylation sites is 1. The van der Waals surface area contributed by atoms with E-state index in [-0.39, 0.29) is 12.3 Å². The van der Waals surface area contributed by atoms with Gasteiger partial charge in [0, 0.05) is 24.4 Å². The van der Waals surface area contributed by atoms with Crippen LogP contribution in [-0.4, -0.2) is 23.2 Å². The highest BCUT2D eigenvalue weighted by Crippen LogP contribution is 2.28. The normalized spacial score (nSPS) is 10.5. The number of rotatable bonds is 7. The number of benzene rings is 2. The van der Waals surface area contributed by atoms with Crippen molar-refractivity contribution in [3.05, 3.63) is 65.0 Å². The number of hydrogen-bond acceptors (Lipinski definition) is 5. The Kier molecular flexibility index (Phi) is 5.86. The number of halogens is 1. The Labute approximate surface area is 156 Å².